The highest BCUT2D eigenvalue weighted by molar-refractivity contribution is 5.76. The fraction of sp³-hybridized carbons (Fsp3) is 0.545. The van der Waals surface area contributed by atoms with Gasteiger partial charge in [-0.25, -0.2) is 0 Å². The van der Waals surface area contributed by atoms with E-state index >= 15 is 0 Å². The molecule has 0 aromatic heterocycles. The molecule has 0 aliphatic heterocycles. The van der Waals surface area contributed by atoms with Crippen molar-refractivity contribution >= 4 is 12.4 Å². The molecular weight excluding hydrogens is 344 g/mol. The Labute approximate surface area is 162 Å². The molecule has 0 heterocycles. The Morgan fingerprint density at radius 3 is 2.70 bits per heavy atom. The number of allylic oxidation sites excluding steroid dienone is 4. The second kappa shape index (κ2) is 10.9. The van der Waals surface area contributed by atoms with E-state index < -0.39 is 11.5 Å². The first-order valence-corrected chi connectivity index (χ1v) is 9.26. The fourth-order valence-electron chi connectivity index (χ4n) is 3.27. The van der Waals surface area contributed by atoms with E-state index in [1.54, 1.807) is 26.0 Å². The van der Waals surface area contributed by atoms with Crippen LogP contribution in [0.3, 0.4) is 0 Å². The molecule has 2 atom stereocenters. The number of carbonyl (C=O) groups is 2. The summed E-state index contributed by atoms with van der Waals surface area (Å²) in [4.78, 5) is 23.3. The van der Waals surface area contributed by atoms with Crippen LogP contribution in [0.25, 0.3) is 0 Å². The molecule has 0 saturated carbocycles. The number of aliphatic hydroxyl groups is 1. The largest absolute Gasteiger partial charge is 0.469 e. The van der Waals surface area contributed by atoms with Crippen molar-refractivity contribution in [2.24, 2.45) is 11.8 Å². The number of esters is 1. The summed E-state index contributed by atoms with van der Waals surface area (Å²) in [6, 6.07) is 0. The molecule has 27 heavy (non-hydrogen) atoms. The third-order valence-electron chi connectivity index (χ3n) is 4.71. The molecule has 0 aromatic rings. The molecule has 1 aliphatic rings. The average molecular weight is 376 g/mol. The number of rotatable bonds is 7. The van der Waals surface area contributed by atoms with E-state index in [4.69, 9.17) is 9.47 Å². The average Bonchev–Trinajstić information content (AvgIpc) is 2.66. The summed E-state index contributed by atoms with van der Waals surface area (Å²) in [6.07, 6.45) is 10.5. The minimum atomic E-state index is -0.962. The Morgan fingerprint density at radius 1 is 1.41 bits per heavy atom. The smallest absolute Gasteiger partial charge is 0.313 e. The molecule has 0 aromatic carbocycles. The van der Waals surface area contributed by atoms with Crippen molar-refractivity contribution in [3.63, 3.8) is 0 Å². The third-order valence-corrected chi connectivity index (χ3v) is 4.71. The van der Waals surface area contributed by atoms with Crippen molar-refractivity contribution in [2.45, 2.75) is 52.1 Å². The van der Waals surface area contributed by atoms with Crippen molar-refractivity contribution in [1.29, 1.82) is 0 Å². The van der Waals surface area contributed by atoms with Crippen molar-refractivity contribution in [1.82, 2.24) is 0 Å². The Balaban J connectivity index is 3.33. The van der Waals surface area contributed by atoms with Crippen LogP contribution in [0.15, 0.2) is 47.6 Å². The van der Waals surface area contributed by atoms with E-state index in [0.717, 1.165) is 24.0 Å². The van der Waals surface area contributed by atoms with E-state index in [-0.39, 0.29) is 18.5 Å². The maximum Gasteiger partial charge on any atom is 0.313 e. The van der Waals surface area contributed by atoms with Crippen LogP contribution >= 0.6 is 0 Å². The summed E-state index contributed by atoms with van der Waals surface area (Å²) in [5, 5.41) is 9.89. The van der Waals surface area contributed by atoms with Gasteiger partial charge in [-0.3, -0.25) is 9.59 Å². The molecule has 1 aliphatic carbocycles. The minimum Gasteiger partial charge on any atom is -0.469 e. The van der Waals surface area contributed by atoms with Gasteiger partial charge in [-0.15, -0.1) is 0 Å². The first-order chi connectivity index (χ1) is 12.7. The summed E-state index contributed by atoms with van der Waals surface area (Å²) >= 11 is 0. The van der Waals surface area contributed by atoms with Crippen LogP contribution in [-0.2, 0) is 19.1 Å². The molecule has 0 spiro atoms. The lowest BCUT2D eigenvalue weighted by Gasteiger charge is -2.28. The summed E-state index contributed by atoms with van der Waals surface area (Å²) < 4.78 is 10.1. The van der Waals surface area contributed by atoms with Gasteiger partial charge in [0.2, 0.25) is 0 Å². The zero-order valence-corrected chi connectivity index (χ0v) is 16.9. The van der Waals surface area contributed by atoms with E-state index in [9.17, 15) is 14.7 Å². The molecule has 0 fully saturated rings. The standard InChI is InChI=1S/C22H32O5/c1-16-8-6-9-17(2)20(21(24)26-5)19(12-11-16)18(14-27-15-23)10-7-13-22(3,4)25/h7-8,10,13,15,19-20,25H,2,6,9,11-12,14H2,1,3-5H3/b13-7+,16-8+,18-10+/t19-,20+/m1/s1. The lowest BCUT2D eigenvalue weighted by atomic mass is 9.77. The first kappa shape index (κ1) is 22.9. The summed E-state index contributed by atoms with van der Waals surface area (Å²) in [6.45, 7) is 10.0. The number of ether oxygens (including phenoxy) is 2. The molecular formula is C22H32O5. The van der Waals surface area contributed by atoms with Gasteiger partial charge in [0.05, 0.1) is 18.6 Å². The number of carbonyl (C=O) groups excluding carboxylic acids is 2. The van der Waals surface area contributed by atoms with Gasteiger partial charge in [0.25, 0.3) is 6.47 Å². The van der Waals surface area contributed by atoms with E-state index in [1.807, 2.05) is 6.08 Å². The summed E-state index contributed by atoms with van der Waals surface area (Å²) in [5.74, 6) is -1.02. The lowest BCUT2D eigenvalue weighted by Crippen LogP contribution is -2.29. The van der Waals surface area contributed by atoms with Crippen LogP contribution in [0.4, 0.5) is 0 Å². The van der Waals surface area contributed by atoms with E-state index in [2.05, 4.69) is 19.6 Å². The molecule has 0 unspecified atom stereocenters. The minimum absolute atomic E-state index is 0.0773. The molecule has 0 bridgehead atoms. The Morgan fingerprint density at radius 2 is 2.11 bits per heavy atom. The van der Waals surface area contributed by atoms with Crippen LogP contribution in [0.5, 0.6) is 0 Å². The summed E-state index contributed by atoms with van der Waals surface area (Å²) in [7, 11) is 1.38. The highest BCUT2D eigenvalue weighted by Crippen LogP contribution is 2.36. The predicted octanol–water partition coefficient (Wildman–Crippen LogP) is 3.89. The van der Waals surface area contributed by atoms with Gasteiger partial charge < -0.3 is 14.6 Å². The molecule has 5 heteroatoms. The number of hydrogen-bond donors (Lipinski definition) is 1. The number of hydrogen-bond acceptors (Lipinski definition) is 5. The molecule has 1 rings (SSSR count). The highest BCUT2D eigenvalue weighted by Gasteiger charge is 2.34. The van der Waals surface area contributed by atoms with Crippen molar-refractivity contribution in [3.8, 4) is 0 Å². The Hall–Kier alpha value is -2.14. The van der Waals surface area contributed by atoms with Crippen molar-refractivity contribution in [3.05, 3.63) is 47.6 Å². The maximum atomic E-state index is 12.6. The lowest BCUT2D eigenvalue weighted by molar-refractivity contribution is -0.145. The first-order valence-electron chi connectivity index (χ1n) is 9.26. The van der Waals surface area contributed by atoms with Crippen LogP contribution < -0.4 is 0 Å². The quantitative estimate of drug-likeness (QED) is 0.316. The molecule has 0 amide bonds. The predicted molar refractivity (Wildman–Crippen MR) is 106 cm³/mol. The second-order valence-electron chi connectivity index (χ2n) is 7.55. The zero-order chi connectivity index (χ0) is 20.4. The second-order valence-corrected chi connectivity index (χ2v) is 7.55. The fourth-order valence-corrected chi connectivity index (χ4v) is 3.27. The van der Waals surface area contributed by atoms with Gasteiger partial charge in [-0.2, -0.15) is 0 Å². The van der Waals surface area contributed by atoms with Gasteiger partial charge in [0.1, 0.15) is 6.61 Å². The van der Waals surface area contributed by atoms with Gasteiger partial charge in [0, 0.05) is 5.92 Å². The maximum absolute atomic E-state index is 12.6. The third kappa shape index (κ3) is 7.95. The van der Waals surface area contributed by atoms with Crippen LogP contribution in [-0.4, -0.2) is 36.9 Å². The van der Waals surface area contributed by atoms with Crippen LogP contribution in [0.1, 0.15) is 46.5 Å². The van der Waals surface area contributed by atoms with Gasteiger partial charge in [-0.1, -0.05) is 42.0 Å². The van der Waals surface area contributed by atoms with Crippen molar-refractivity contribution in [2.75, 3.05) is 13.7 Å². The van der Waals surface area contributed by atoms with Gasteiger partial charge in [0.15, 0.2) is 0 Å². The van der Waals surface area contributed by atoms with Gasteiger partial charge >= 0.3 is 5.97 Å². The van der Waals surface area contributed by atoms with Crippen molar-refractivity contribution < 1.29 is 24.2 Å². The Bertz CT molecular complexity index is 619. The number of methoxy groups -OCH3 is 1. The molecule has 0 saturated heterocycles. The molecule has 5 nitrogen and oxygen atoms in total. The highest BCUT2D eigenvalue weighted by atomic mass is 16.5. The normalized spacial score (nSPS) is 24.4. The van der Waals surface area contributed by atoms with Crippen LogP contribution in [0.2, 0.25) is 0 Å². The van der Waals surface area contributed by atoms with Gasteiger partial charge in [-0.05, 0) is 52.0 Å². The van der Waals surface area contributed by atoms with Crippen LogP contribution in [0, 0.1) is 11.8 Å². The molecule has 1 N–H and O–H groups in total. The molecule has 0 radical (unpaired) electrons. The monoisotopic (exact) mass is 376 g/mol. The summed E-state index contributed by atoms with van der Waals surface area (Å²) in [5.41, 5.74) is 1.92. The van der Waals surface area contributed by atoms with E-state index in [0.29, 0.717) is 19.3 Å². The molecule has 150 valence electrons. The topological polar surface area (TPSA) is 72.8 Å². The van der Waals surface area contributed by atoms with E-state index in [1.165, 1.54) is 12.7 Å². The Kier molecular flexibility index (Phi) is 9.22. The zero-order valence-electron chi connectivity index (χ0n) is 16.9. The SMILES string of the molecule is C=C1CC/C=C(\C)CC[C@H](/C(=C/C=C/C(C)(C)O)COC=O)[C@H]1C(=O)OC.